The van der Waals surface area contributed by atoms with Crippen molar-refractivity contribution in [3.8, 4) is 5.88 Å². The van der Waals surface area contributed by atoms with Gasteiger partial charge in [0.05, 0.1) is 11.2 Å². The molecule has 7 nitrogen and oxygen atoms in total. The van der Waals surface area contributed by atoms with E-state index in [1.807, 2.05) is 30.3 Å². The molecular formula is C21H23N6O-. The smallest absolute Gasteiger partial charge is 0.214 e. The Morgan fingerprint density at radius 3 is 2.82 bits per heavy atom. The van der Waals surface area contributed by atoms with Gasteiger partial charge in [-0.1, -0.05) is 19.9 Å². The van der Waals surface area contributed by atoms with Crippen molar-refractivity contribution in [2.45, 2.75) is 32.8 Å². The lowest BCUT2D eigenvalue weighted by Crippen LogP contribution is -2.10. The number of anilines is 1. The number of nitrogens with zero attached hydrogens (tertiary/aromatic N) is 4. The topological polar surface area (TPSA) is 112 Å². The largest absolute Gasteiger partial charge is 0.474 e. The Morgan fingerprint density at radius 2 is 2.07 bits per heavy atom. The Kier molecular flexibility index (Phi) is 4.81. The molecule has 0 atom stereocenters. The summed E-state index contributed by atoms with van der Waals surface area (Å²) in [5.74, 6) is 1.75. The third-order valence-electron chi connectivity index (χ3n) is 4.48. The first-order valence-electron chi connectivity index (χ1n) is 9.46. The number of nitrogens with two attached hydrogens (primary N) is 1. The van der Waals surface area contributed by atoms with Crippen molar-refractivity contribution >= 4 is 28.3 Å². The minimum absolute atomic E-state index is 0.251. The second kappa shape index (κ2) is 7.42. The molecule has 3 N–H and O–H groups in total. The van der Waals surface area contributed by atoms with E-state index < -0.39 is 0 Å². The molecular weight excluding hydrogens is 352 g/mol. The van der Waals surface area contributed by atoms with Gasteiger partial charge in [-0.15, -0.1) is 0 Å². The predicted molar refractivity (Wildman–Crippen MR) is 110 cm³/mol. The summed E-state index contributed by atoms with van der Waals surface area (Å²) in [7, 11) is 0. The van der Waals surface area contributed by atoms with Crippen molar-refractivity contribution in [2.75, 3.05) is 12.3 Å². The normalized spacial score (nSPS) is 13.7. The second-order valence-electron chi connectivity index (χ2n) is 7.44. The van der Waals surface area contributed by atoms with Gasteiger partial charge in [0.1, 0.15) is 11.9 Å². The van der Waals surface area contributed by atoms with Gasteiger partial charge in [-0.3, -0.25) is 5.41 Å². The Hall–Kier alpha value is -3.22. The zero-order valence-electron chi connectivity index (χ0n) is 16.0. The molecule has 0 radical (unpaired) electrons. The Labute approximate surface area is 163 Å². The van der Waals surface area contributed by atoms with Gasteiger partial charge in [0.25, 0.3) is 0 Å². The van der Waals surface area contributed by atoms with Gasteiger partial charge < -0.3 is 20.8 Å². The molecule has 1 aliphatic carbocycles. The molecule has 0 unspecified atom stereocenters. The van der Waals surface area contributed by atoms with E-state index in [1.54, 1.807) is 0 Å². The van der Waals surface area contributed by atoms with Gasteiger partial charge in [0.15, 0.2) is 0 Å². The number of ether oxygens (including phenoxy) is 1. The van der Waals surface area contributed by atoms with Crippen molar-refractivity contribution in [1.29, 1.82) is 5.41 Å². The van der Waals surface area contributed by atoms with Crippen molar-refractivity contribution in [1.82, 2.24) is 15.0 Å². The Morgan fingerprint density at radius 1 is 1.25 bits per heavy atom. The van der Waals surface area contributed by atoms with Gasteiger partial charge in [0, 0.05) is 28.9 Å². The third kappa shape index (κ3) is 3.88. The number of rotatable bonds is 7. The van der Waals surface area contributed by atoms with Crippen molar-refractivity contribution < 1.29 is 4.74 Å². The summed E-state index contributed by atoms with van der Waals surface area (Å²) >= 11 is 0. The average molecular weight is 375 g/mol. The van der Waals surface area contributed by atoms with E-state index in [-0.39, 0.29) is 11.5 Å². The van der Waals surface area contributed by atoms with Crippen LogP contribution in [0.4, 0.5) is 11.6 Å². The van der Waals surface area contributed by atoms with Crippen LogP contribution < -0.4 is 10.5 Å². The molecule has 144 valence electrons. The molecule has 0 aliphatic heterocycles. The fourth-order valence-corrected chi connectivity index (χ4v) is 2.85. The highest BCUT2D eigenvalue weighted by molar-refractivity contribution is 6.17. The zero-order chi connectivity index (χ0) is 19.7. The van der Waals surface area contributed by atoms with Crippen LogP contribution in [-0.4, -0.2) is 33.3 Å². The van der Waals surface area contributed by atoms with Crippen LogP contribution in [0.25, 0.3) is 16.2 Å². The highest BCUT2D eigenvalue weighted by Gasteiger charge is 2.24. The summed E-state index contributed by atoms with van der Waals surface area (Å²) in [6.07, 6.45) is 3.89. The summed E-state index contributed by atoms with van der Waals surface area (Å²) in [6.45, 7) is 4.77. The quantitative estimate of drug-likeness (QED) is 0.600. The predicted octanol–water partition coefficient (Wildman–Crippen LogP) is 4.23. The van der Waals surface area contributed by atoms with Crippen LogP contribution in [-0.2, 0) is 0 Å². The number of hydrogen-bond acceptors (Lipinski definition) is 6. The maximum absolute atomic E-state index is 8.69. The fourth-order valence-electron chi connectivity index (χ4n) is 2.85. The zero-order valence-corrected chi connectivity index (χ0v) is 16.0. The summed E-state index contributed by atoms with van der Waals surface area (Å²) < 4.78 is 5.76. The summed E-state index contributed by atoms with van der Waals surface area (Å²) in [5, 5.41) is 14.1. The summed E-state index contributed by atoms with van der Waals surface area (Å²) in [4.78, 5) is 12.8. The van der Waals surface area contributed by atoms with Crippen molar-refractivity contribution in [3.63, 3.8) is 0 Å². The first-order valence-corrected chi connectivity index (χ1v) is 9.46. The molecule has 1 fully saturated rings. The van der Waals surface area contributed by atoms with E-state index in [9.17, 15) is 0 Å². The van der Waals surface area contributed by atoms with Crippen LogP contribution in [0.15, 0.2) is 36.7 Å². The molecule has 7 heteroatoms. The maximum Gasteiger partial charge on any atom is 0.214 e. The monoisotopic (exact) mass is 375 g/mol. The van der Waals surface area contributed by atoms with Crippen molar-refractivity contribution in [2.24, 2.45) is 5.92 Å². The summed E-state index contributed by atoms with van der Waals surface area (Å²) in [6, 6.07) is 9.51. The molecule has 1 aromatic carbocycles. The van der Waals surface area contributed by atoms with Gasteiger partial charge in [-0.25, -0.2) is 9.97 Å². The lowest BCUT2D eigenvalue weighted by molar-refractivity contribution is 0.292. The molecule has 2 heterocycles. The molecule has 3 aromatic rings. The fraction of sp³-hybridized carbons (Fsp3) is 0.333. The standard InChI is InChI=1S/C21H23N6O/c1-12(2)10-24-21-18(20(23)25-11-26-21)19(22)14-3-7-16-13(9-14)4-8-17(27-16)28-15-5-6-15/h3-4,7-9,11-12,15,22H,5-6,10H2,1-2H3,(H2-,23,24,25,26)/q-1. The van der Waals surface area contributed by atoms with Crippen LogP contribution in [0, 0.1) is 11.3 Å². The minimum Gasteiger partial charge on any atom is -0.474 e. The van der Waals surface area contributed by atoms with Gasteiger partial charge >= 0.3 is 0 Å². The lowest BCUT2D eigenvalue weighted by atomic mass is 10.0. The molecule has 2 aromatic heterocycles. The molecule has 4 rings (SSSR count). The van der Waals surface area contributed by atoms with E-state index in [2.05, 4.69) is 34.1 Å². The number of pyridine rings is 1. The van der Waals surface area contributed by atoms with Crippen LogP contribution in [0.2, 0.25) is 0 Å². The number of nitrogens with one attached hydrogen (secondary N) is 1. The lowest BCUT2D eigenvalue weighted by Gasteiger charge is -2.22. The average Bonchev–Trinajstić information content (AvgIpc) is 3.49. The molecule has 1 saturated carbocycles. The highest BCUT2D eigenvalue weighted by atomic mass is 16.5. The number of benzene rings is 1. The molecule has 28 heavy (non-hydrogen) atoms. The van der Waals surface area contributed by atoms with E-state index in [0.29, 0.717) is 41.4 Å². The number of hydrogen-bond donors (Lipinski definition) is 2. The Balaban J connectivity index is 1.65. The van der Waals surface area contributed by atoms with Gasteiger partial charge in [0.2, 0.25) is 5.88 Å². The number of aromatic nitrogens is 3. The van der Waals surface area contributed by atoms with Crippen LogP contribution in [0.5, 0.6) is 5.88 Å². The van der Waals surface area contributed by atoms with Crippen LogP contribution >= 0.6 is 0 Å². The molecule has 0 spiro atoms. The van der Waals surface area contributed by atoms with Gasteiger partial charge in [-0.05, 0) is 49.3 Å². The molecule has 0 bridgehead atoms. The first kappa shape index (κ1) is 18.2. The Bertz CT molecular complexity index is 1030. The van der Waals surface area contributed by atoms with Crippen LogP contribution in [0.1, 0.15) is 37.8 Å². The summed E-state index contributed by atoms with van der Waals surface area (Å²) in [5.41, 5.74) is 8.33. The number of nitrogen functional groups attached to an aromatic ring is 1. The van der Waals surface area contributed by atoms with E-state index in [0.717, 1.165) is 23.7 Å². The van der Waals surface area contributed by atoms with E-state index >= 15 is 0 Å². The molecule has 0 saturated heterocycles. The van der Waals surface area contributed by atoms with E-state index in [1.165, 1.54) is 6.33 Å². The first-order chi connectivity index (χ1) is 13.5. The third-order valence-corrected chi connectivity index (χ3v) is 4.48. The van der Waals surface area contributed by atoms with E-state index in [4.69, 9.17) is 15.9 Å². The molecule has 1 aliphatic rings. The highest BCUT2D eigenvalue weighted by Crippen LogP contribution is 2.30. The second-order valence-corrected chi connectivity index (χ2v) is 7.44. The molecule has 0 amide bonds. The van der Waals surface area contributed by atoms with Crippen molar-refractivity contribution in [3.05, 3.63) is 53.1 Å². The SMILES string of the molecule is CC(C)C[N-]c1ncnc(N)c1C(=N)c1ccc2nc(OC3CC3)ccc2c1. The van der Waals surface area contributed by atoms with Crippen LogP contribution in [0.3, 0.4) is 0 Å². The van der Waals surface area contributed by atoms with Gasteiger partial charge in [-0.2, -0.15) is 0 Å². The minimum atomic E-state index is 0.251. The maximum atomic E-state index is 8.69. The number of fused-ring (bicyclic) bond motifs is 1.